The first kappa shape index (κ1) is 22.7. The van der Waals surface area contributed by atoms with Crippen molar-refractivity contribution in [1.29, 1.82) is 0 Å². The van der Waals surface area contributed by atoms with Crippen LogP contribution in [-0.2, 0) is 19.1 Å². The fourth-order valence-corrected chi connectivity index (χ4v) is 1.85. The molecular weight excluding hydrogens is 280 g/mol. The number of hydrogen-bond donors (Lipinski definition) is 0. The van der Waals surface area contributed by atoms with Crippen LogP contribution in [-0.4, -0.2) is 11.9 Å². The van der Waals surface area contributed by atoms with Gasteiger partial charge < -0.3 is 9.47 Å². The topological polar surface area (TPSA) is 52.6 Å². The Balaban J connectivity index is 0. The quantitative estimate of drug-likeness (QED) is 0.279. The van der Waals surface area contributed by atoms with Crippen LogP contribution in [0.5, 0.6) is 0 Å². The lowest BCUT2D eigenvalue weighted by atomic mass is 10.1. The Labute approximate surface area is 135 Å². The summed E-state index contributed by atoms with van der Waals surface area (Å²) in [6.45, 7) is 10.1. The van der Waals surface area contributed by atoms with Crippen LogP contribution in [0.15, 0.2) is 25.7 Å². The molecule has 128 valence electrons. The highest BCUT2D eigenvalue weighted by atomic mass is 16.5. The molecule has 0 amide bonds. The molecular formula is C18H32O4. The second kappa shape index (κ2) is 19.4. The number of rotatable bonds is 12. The zero-order valence-electron chi connectivity index (χ0n) is 14.3. The molecule has 0 radical (unpaired) electrons. The Bertz CT molecular complexity index is 297. The van der Waals surface area contributed by atoms with Crippen LogP contribution in [0, 0.1) is 0 Å². The summed E-state index contributed by atoms with van der Waals surface area (Å²) >= 11 is 0. The predicted octanol–water partition coefficient (Wildman–Crippen LogP) is 5.29. The third kappa shape index (κ3) is 23.5. The maximum Gasteiger partial charge on any atom is 0.310 e. The Hall–Kier alpha value is -1.58. The molecule has 0 spiro atoms. The van der Waals surface area contributed by atoms with Crippen LogP contribution in [0.2, 0.25) is 0 Å². The molecule has 0 saturated carbocycles. The molecule has 22 heavy (non-hydrogen) atoms. The lowest BCUT2D eigenvalue weighted by molar-refractivity contribution is -0.138. The molecule has 0 aliphatic carbocycles. The van der Waals surface area contributed by atoms with Crippen LogP contribution in [0.25, 0.3) is 0 Å². The van der Waals surface area contributed by atoms with Gasteiger partial charge in [0.15, 0.2) is 0 Å². The van der Waals surface area contributed by atoms with Crippen molar-refractivity contribution in [1.82, 2.24) is 0 Å². The van der Waals surface area contributed by atoms with Gasteiger partial charge in [-0.1, -0.05) is 71.4 Å². The van der Waals surface area contributed by atoms with Crippen LogP contribution < -0.4 is 0 Å². The van der Waals surface area contributed by atoms with Gasteiger partial charge in [0.1, 0.15) is 0 Å². The summed E-state index contributed by atoms with van der Waals surface area (Å²) in [5, 5.41) is 0. The zero-order chi connectivity index (χ0) is 17.1. The first-order valence-electron chi connectivity index (χ1n) is 8.17. The van der Waals surface area contributed by atoms with Gasteiger partial charge in [0, 0.05) is 13.3 Å². The van der Waals surface area contributed by atoms with E-state index < -0.39 is 0 Å². The molecule has 0 aromatic rings. The molecule has 0 aromatic heterocycles. The molecule has 4 heteroatoms. The van der Waals surface area contributed by atoms with Crippen molar-refractivity contribution in [3.8, 4) is 0 Å². The average molecular weight is 312 g/mol. The van der Waals surface area contributed by atoms with Crippen molar-refractivity contribution in [2.75, 3.05) is 0 Å². The van der Waals surface area contributed by atoms with Gasteiger partial charge in [-0.25, -0.2) is 0 Å². The van der Waals surface area contributed by atoms with E-state index in [0.717, 1.165) is 19.1 Å². The number of esters is 2. The first-order valence-corrected chi connectivity index (χ1v) is 8.17. The number of carbonyl (C=O) groups is 2. The third-order valence-electron chi connectivity index (χ3n) is 2.95. The number of ether oxygens (including phenoxy) is 2. The van der Waals surface area contributed by atoms with E-state index in [2.05, 4.69) is 29.6 Å². The summed E-state index contributed by atoms with van der Waals surface area (Å²) < 4.78 is 8.81. The van der Waals surface area contributed by atoms with E-state index in [-0.39, 0.29) is 11.9 Å². The van der Waals surface area contributed by atoms with E-state index in [4.69, 9.17) is 0 Å². The molecule has 0 N–H and O–H groups in total. The lowest BCUT2D eigenvalue weighted by Crippen LogP contribution is -1.98. The summed E-state index contributed by atoms with van der Waals surface area (Å²) in [5.41, 5.74) is 0. The monoisotopic (exact) mass is 312 g/mol. The van der Waals surface area contributed by atoms with Crippen LogP contribution in [0.4, 0.5) is 0 Å². The van der Waals surface area contributed by atoms with Gasteiger partial charge in [-0.05, 0) is 6.42 Å². The van der Waals surface area contributed by atoms with E-state index in [1.807, 2.05) is 0 Å². The Morgan fingerprint density at radius 3 is 1.64 bits per heavy atom. The second-order valence-corrected chi connectivity index (χ2v) is 5.01. The summed E-state index contributed by atoms with van der Waals surface area (Å²) in [6, 6.07) is 0. The van der Waals surface area contributed by atoms with Crippen molar-refractivity contribution in [2.24, 2.45) is 0 Å². The molecule has 0 heterocycles. The van der Waals surface area contributed by atoms with Crippen molar-refractivity contribution >= 4 is 11.9 Å². The van der Waals surface area contributed by atoms with Gasteiger partial charge in [0.05, 0.1) is 12.5 Å². The Morgan fingerprint density at radius 2 is 1.27 bits per heavy atom. The maximum atomic E-state index is 11.0. The molecule has 0 aliphatic heterocycles. The minimum Gasteiger partial charge on any atom is -0.435 e. The van der Waals surface area contributed by atoms with Gasteiger partial charge in [-0.3, -0.25) is 9.59 Å². The number of carbonyl (C=O) groups excluding carboxylic acids is 2. The third-order valence-corrected chi connectivity index (χ3v) is 2.95. The maximum absolute atomic E-state index is 11.0. The van der Waals surface area contributed by atoms with Crippen LogP contribution in [0.3, 0.4) is 0 Å². The molecule has 0 aromatic carbocycles. The molecule has 0 atom stereocenters. The van der Waals surface area contributed by atoms with Gasteiger partial charge >= 0.3 is 11.9 Å². The van der Waals surface area contributed by atoms with Crippen LogP contribution >= 0.6 is 0 Å². The second-order valence-electron chi connectivity index (χ2n) is 5.01. The average Bonchev–Trinajstić information content (AvgIpc) is 2.46. The highest BCUT2D eigenvalue weighted by Gasteiger charge is 1.99. The fraction of sp³-hybridized carbons (Fsp3) is 0.667. The van der Waals surface area contributed by atoms with Crippen molar-refractivity contribution in [3.05, 3.63) is 25.7 Å². The number of unbranched alkanes of at least 4 members (excludes halogenated alkanes) is 8. The van der Waals surface area contributed by atoms with Gasteiger partial charge in [-0.15, -0.1) is 0 Å². The molecule has 0 saturated heterocycles. The van der Waals surface area contributed by atoms with Crippen molar-refractivity contribution in [3.63, 3.8) is 0 Å². The van der Waals surface area contributed by atoms with Gasteiger partial charge in [0.2, 0.25) is 0 Å². The summed E-state index contributed by atoms with van der Waals surface area (Å²) in [5.74, 6) is -0.483. The molecule has 0 fully saturated rings. The molecule has 0 aliphatic rings. The van der Waals surface area contributed by atoms with E-state index in [9.17, 15) is 9.59 Å². The summed E-state index contributed by atoms with van der Waals surface area (Å²) in [6.07, 6.45) is 14.2. The Kier molecular flexibility index (Phi) is 20.0. The molecule has 0 unspecified atom stereocenters. The van der Waals surface area contributed by atoms with Gasteiger partial charge in [-0.2, -0.15) is 0 Å². The summed E-state index contributed by atoms with van der Waals surface area (Å²) in [4.78, 5) is 20.7. The lowest BCUT2D eigenvalue weighted by Gasteiger charge is -2.01. The summed E-state index contributed by atoms with van der Waals surface area (Å²) in [7, 11) is 0. The minimum absolute atomic E-state index is 0.155. The predicted molar refractivity (Wildman–Crippen MR) is 90.1 cm³/mol. The fourth-order valence-electron chi connectivity index (χ4n) is 1.85. The van der Waals surface area contributed by atoms with Crippen molar-refractivity contribution in [2.45, 2.75) is 78.1 Å². The van der Waals surface area contributed by atoms with E-state index >= 15 is 0 Å². The van der Waals surface area contributed by atoms with E-state index in [0.29, 0.717) is 6.42 Å². The Morgan fingerprint density at radius 1 is 0.818 bits per heavy atom. The molecule has 4 nitrogen and oxygen atoms in total. The largest absolute Gasteiger partial charge is 0.435 e. The SMILES string of the molecule is C=COC(=O)CCCCCCCCCCC.C=COC(C)=O. The highest BCUT2D eigenvalue weighted by Crippen LogP contribution is 2.10. The van der Waals surface area contributed by atoms with Gasteiger partial charge in [0.25, 0.3) is 0 Å². The van der Waals surface area contributed by atoms with E-state index in [1.165, 1.54) is 58.1 Å². The number of hydrogen-bond acceptors (Lipinski definition) is 4. The van der Waals surface area contributed by atoms with Crippen LogP contribution in [0.1, 0.15) is 78.1 Å². The zero-order valence-corrected chi connectivity index (χ0v) is 14.3. The van der Waals surface area contributed by atoms with E-state index in [1.54, 1.807) is 0 Å². The highest BCUT2D eigenvalue weighted by molar-refractivity contribution is 5.69. The molecule has 0 rings (SSSR count). The smallest absolute Gasteiger partial charge is 0.310 e. The minimum atomic E-state index is -0.329. The standard InChI is InChI=1S/C14H26O2.C4H6O2/c1-3-5-6-7-8-9-10-11-12-13-14(15)16-4-2;1-3-6-4(2)5/h4H,2-3,5-13H2,1H3;3H,1H2,2H3. The normalized spacial score (nSPS) is 9.18. The molecule has 0 bridgehead atoms. The first-order chi connectivity index (χ1) is 10.6. The van der Waals surface area contributed by atoms with Crippen molar-refractivity contribution < 1.29 is 19.1 Å².